The lowest BCUT2D eigenvalue weighted by Gasteiger charge is -2.60. The van der Waals surface area contributed by atoms with Gasteiger partial charge in [-0.1, -0.05) is 13.8 Å². The molecule has 6 bridgehead atoms. The largest absolute Gasteiger partial charge is 0.243 e. The van der Waals surface area contributed by atoms with E-state index in [1.54, 1.807) is 0 Å². The molecular weight excluding hydrogens is 280 g/mol. The molecule has 1 unspecified atom stereocenters. The van der Waals surface area contributed by atoms with Crippen molar-refractivity contribution >= 4 is 0 Å². The van der Waals surface area contributed by atoms with Crippen molar-refractivity contribution in [3.8, 4) is 0 Å². The van der Waals surface area contributed by atoms with Crippen LogP contribution in [0.3, 0.4) is 0 Å². The van der Waals surface area contributed by atoms with E-state index < -0.39 is 11.6 Å². The van der Waals surface area contributed by atoms with E-state index in [9.17, 15) is 0 Å². The van der Waals surface area contributed by atoms with Gasteiger partial charge >= 0.3 is 0 Å². The van der Waals surface area contributed by atoms with Crippen LogP contribution >= 0.6 is 0 Å². The Hall–Kier alpha value is -0.160. The fraction of sp³-hybridized carbons (Fsp3) is 1.00. The molecule has 4 saturated carbocycles. The van der Waals surface area contributed by atoms with Crippen molar-refractivity contribution in [2.24, 2.45) is 35.0 Å². The summed E-state index contributed by atoms with van der Waals surface area (Å²) in [5.74, 6) is 2.02. The first-order valence-corrected chi connectivity index (χ1v) is 9.17. The molecule has 0 aromatic heterocycles. The maximum absolute atomic E-state index is 5.81. The van der Waals surface area contributed by atoms with Gasteiger partial charge in [0.2, 0.25) is 11.6 Å². The predicted octanol–water partition coefficient (Wildman–Crippen LogP) is 4.20. The van der Waals surface area contributed by atoms with Gasteiger partial charge in [0.1, 0.15) is 0 Å². The molecule has 0 aromatic carbocycles. The van der Waals surface area contributed by atoms with E-state index >= 15 is 0 Å². The highest BCUT2D eigenvalue weighted by Crippen LogP contribution is 2.70. The summed E-state index contributed by atoms with van der Waals surface area (Å²) in [7, 11) is 0. The Bertz CT molecular complexity index is 442. The zero-order valence-corrected chi connectivity index (χ0v) is 14.0. The molecule has 2 aliphatic heterocycles. The summed E-state index contributed by atoms with van der Waals surface area (Å²) in [5.41, 5.74) is 0.297. The minimum Gasteiger partial charge on any atom is -0.195 e. The average molecular weight is 308 g/mol. The third-order valence-corrected chi connectivity index (χ3v) is 7.05. The quantitative estimate of drug-likeness (QED) is 0.732. The monoisotopic (exact) mass is 308 g/mol. The van der Waals surface area contributed by atoms with Crippen LogP contribution in [0.1, 0.15) is 65.7 Å². The van der Waals surface area contributed by atoms with Crippen LogP contribution in [0, 0.1) is 35.0 Å². The molecule has 6 fully saturated rings. The standard InChI is InChI=1S/C18H28O4/c1-11(2)7-18-15(16(3,19-21-18)20-22-18)17-8-12-4-13(9-17)6-14(5-12)10-17/h11-15H,4-10H2,1-3H3. The Morgan fingerprint density at radius 3 is 1.82 bits per heavy atom. The molecule has 0 N–H and O–H groups in total. The van der Waals surface area contributed by atoms with E-state index in [-0.39, 0.29) is 5.92 Å². The fourth-order valence-electron chi connectivity index (χ4n) is 7.24. The van der Waals surface area contributed by atoms with Crippen molar-refractivity contribution in [3.63, 3.8) is 0 Å². The van der Waals surface area contributed by atoms with E-state index in [1.165, 1.54) is 38.5 Å². The van der Waals surface area contributed by atoms with Crippen LogP contribution in [-0.4, -0.2) is 11.6 Å². The second-order valence-corrected chi connectivity index (χ2v) is 9.47. The summed E-state index contributed by atoms with van der Waals surface area (Å²) in [6.45, 7) is 6.45. The van der Waals surface area contributed by atoms with Gasteiger partial charge < -0.3 is 0 Å². The molecule has 4 nitrogen and oxygen atoms in total. The third kappa shape index (κ3) is 1.73. The van der Waals surface area contributed by atoms with Crippen LogP contribution < -0.4 is 0 Å². The molecule has 1 atom stereocenters. The Balaban J connectivity index is 1.55. The van der Waals surface area contributed by atoms with Crippen LogP contribution in [0.25, 0.3) is 0 Å². The van der Waals surface area contributed by atoms with E-state index in [0.717, 1.165) is 24.2 Å². The number of hydrogen-bond acceptors (Lipinski definition) is 4. The van der Waals surface area contributed by atoms with Gasteiger partial charge in [0, 0.05) is 6.42 Å². The highest BCUT2D eigenvalue weighted by Gasteiger charge is 2.75. The highest BCUT2D eigenvalue weighted by atomic mass is 17.4. The van der Waals surface area contributed by atoms with Crippen molar-refractivity contribution in [2.75, 3.05) is 0 Å². The van der Waals surface area contributed by atoms with Crippen molar-refractivity contribution in [2.45, 2.75) is 77.3 Å². The van der Waals surface area contributed by atoms with Gasteiger partial charge in [0.05, 0.1) is 5.92 Å². The van der Waals surface area contributed by atoms with Crippen molar-refractivity contribution in [1.29, 1.82) is 0 Å². The summed E-state index contributed by atoms with van der Waals surface area (Å²) in [6, 6.07) is 0. The lowest BCUT2D eigenvalue weighted by atomic mass is 9.44. The van der Waals surface area contributed by atoms with Gasteiger partial charge in [-0.2, -0.15) is 19.6 Å². The summed E-state index contributed by atoms with van der Waals surface area (Å²) in [4.78, 5) is 23.0. The molecule has 2 heterocycles. The van der Waals surface area contributed by atoms with Gasteiger partial charge in [0.25, 0.3) is 0 Å². The van der Waals surface area contributed by atoms with E-state index in [4.69, 9.17) is 19.6 Å². The molecule has 22 heavy (non-hydrogen) atoms. The molecule has 0 aromatic rings. The molecular formula is C18H28O4. The molecule has 124 valence electrons. The van der Waals surface area contributed by atoms with Gasteiger partial charge in [-0.15, -0.1) is 0 Å². The lowest BCUT2D eigenvalue weighted by Crippen LogP contribution is -2.57. The molecule has 4 heteroatoms. The molecule has 0 amide bonds. The molecule has 6 aliphatic rings. The molecule has 2 saturated heterocycles. The Morgan fingerprint density at radius 2 is 1.36 bits per heavy atom. The summed E-state index contributed by atoms with van der Waals surface area (Å²) in [5, 5.41) is 0. The van der Waals surface area contributed by atoms with Gasteiger partial charge in [-0.3, -0.25) is 0 Å². The molecule has 0 radical (unpaired) electrons. The van der Waals surface area contributed by atoms with Crippen molar-refractivity contribution in [3.05, 3.63) is 0 Å². The zero-order valence-electron chi connectivity index (χ0n) is 14.0. The van der Waals surface area contributed by atoms with E-state index in [2.05, 4.69) is 13.8 Å². The SMILES string of the molecule is CC(C)CC12OOC(C)(OO1)C2C12CC3CC(CC(C3)C1)C2. The fourth-order valence-corrected chi connectivity index (χ4v) is 7.24. The summed E-state index contributed by atoms with van der Waals surface area (Å²) >= 11 is 0. The second kappa shape index (κ2) is 4.27. The minimum absolute atomic E-state index is 0.211. The summed E-state index contributed by atoms with van der Waals surface area (Å²) in [6.07, 6.45) is 9.14. The normalized spacial score (nSPS) is 58.9. The van der Waals surface area contributed by atoms with E-state index in [1.807, 2.05) is 6.92 Å². The predicted molar refractivity (Wildman–Crippen MR) is 79.0 cm³/mol. The zero-order chi connectivity index (χ0) is 15.2. The number of rotatable bonds is 3. The average Bonchev–Trinajstić information content (AvgIpc) is 2.84. The number of hydrogen-bond donors (Lipinski definition) is 0. The summed E-state index contributed by atoms with van der Waals surface area (Å²) < 4.78 is 0. The van der Waals surface area contributed by atoms with Crippen molar-refractivity contribution in [1.82, 2.24) is 0 Å². The van der Waals surface area contributed by atoms with Gasteiger partial charge in [-0.05, 0) is 74.5 Å². The Morgan fingerprint density at radius 1 is 0.864 bits per heavy atom. The van der Waals surface area contributed by atoms with E-state index in [0.29, 0.717) is 11.3 Å². The highest BCUT2D eigenvalue weighted by molar-refractivity contribution is 5.11. The van der Waals surface area contributed by atoms with Crippen LogP contribution in [0.4, 0.5) is 0 Å². The third-order valence-electron chi connectivity index (χ3n) is 7.05. The molecule has 6 rings (SSSR count). The Labute approximate surface area is 132 Å². The van der Waals surface area contributed by atoms with Gasteiger partial charge in [-0.25, -0.2) is 0 Å². The first kappa shape index (κ1) is 14.2. The van der Waals surface area contributed by atoms with Crippen LogP contribution in [-0.2, 0) is 19.6 Å². The first-order valence-electron chi connectivity index (χ1n) is 9.17. The lowest BCUT2D eigenvalue weighted by molar-refractivity contribution is -0.587. The Kier molecular flexibility index (Phi) is 2.76. The minimum atomic E-state index is -0.722. The smallest absolute Gasteiger partial charge is 0.195 e. The maximum Gasteiger partial charge on any atom is 0.243 e. The number of fused-ring (bicyclic) bond motifs is 2. The van der Waals surface area contributed by atoms with Crippen LogP contribution in [0.5, 0.6) is 0 Å². The second-order valence-electron chi connectivity index (χ2n) is 9.47. The van der Waals surface area contributed by atoms with Crippen LogP contribution in [0.2, 0.25) is 0 Å². The van der Waals surface area contributed by atoms with Gasteiger partial charge in [0.15, 0.2) is 0 Å². The molecule has 0 spiro atoms. The topological polar surface area (TPSA) is 36.9 Å². The van der Waals surface area contributed by atoms with Crippen LogP contribution in [0.15, 0.2) is 0 Å². The first-order chi connectivity index (χ1) is 10.4. The van der Waals surface area contributed by atoms with Crippen molar-refractivity contribution < 1.29 is 19.6 Å². The maximum atomic E-state index is 5.81. The molecule has 4 aliphatic carbocycles.